The topological polar surface area (TPSA) is 111 Å². The van der Waals surface area contributed by atoms with Crippen LogP contribution in [0.2, 0.25) is 0 Å². The monoisotopic (exact) mass is 361 g/mol. The van der Waals surface area contributed by atoms with Crippen molar-refractivity contribution < 1.29 is 32.4 Å². The third-order valence-corrected chi connectivity index (χ3v) is 2.68. The number of halogens is 3. The number of carbonyl (C=O) groups is 2. The zero-order valence-corrected chi connectivity index (χ0v) is 12.8. The predicted molar refractivity (Wildman–Crippen MR) is 80.1 cm³/mol. The highest BCUT2D eigenvalue weighted by molar-refractivity contribution is 5.95. The Bertz CT molecular complexity index is 676. The van der Waals surface area contributed by atoms with Gasteiger partial charge in [0.15, 0.2) is 6.61 Å². The van der Waals surface area contributed by atoms with Crippen LogP contribution in [-0.4, -0.2) is 36.2 Å². The zero-order valence-electron chi connectivity index (χ0n) is 12.8. The third kappa shape index (κ3) is 7.33. The molecule has 8 nitrogen and oxygen atoms in total. The van der Waals surface area contributed by atoms with Crippen LogP contribution in [0.15, 0.2) is 30.9 Å². The summed E-state index contributed by atoms with van der Waals surface area (Å²) in [6, 6.07) is 2.36. The number of hydrogen-bond donors (Lipinski definition) is 2. The number of nitrogens with one attached hydrogen (secondary N) is 2. The Morgan fingerprint density at radius 2 is 2.04 bits per heavy atom. The van der Waals surface area contributed by atoms with E-state index in [1.807, 2.05) is 0 Å². The van der Waals surface area contributed by atoms with Crippen LogP contribution in [0, 0.1) is 10.1 Å². The SMILES string of the molecule is C=CCc1cc([N+](=O)[O-])ccc1OCC(=O)NC(=O)NCC(F)(F)F. The van der Waals surface area contributed by atoms with Crippen molar-refractivity contribution in [2.24, 2.45) is 0 Å². The maximum Gasteiger partial charge on any atom is 0.405 e. The lowest BCUT2D eigenvalue weighted by atomic mass is 10.1. The first kappa shape index (κ1) is 19.9. The first-order valence-electron chi connectivity index (χ1n) is 6.78. The molecule has 0 saturated heterocycles. The van der Waals surface area contributed by atoms with Crippen molar-refractivity contribution in [2.45, 2.75) is 12.6 Å². The van der Waals surface area contributed by atoms with Crippen LogP contribution in [0.1, 0.15) is 5.56 Å². The summed E-state index contributed by atoms with van der Waals surface area (Å²) in [6.07, 6.45) is -2.91. The molecule has 0 saturated carbocycles. The molecule has 1 rings (SSSR count). The molecule has 25 heavy (non-hydrogen) atoms. The van der Waals surface area contributed by atoms with Crippen molar-refractivity contribution in [2.75, 3.05) is 13.2 Å². The summed E-state index contributed by atoms with van der Waals surface area (Å²) in [5.74, 6) is -0.834. The van der Waals surface area contributed by atoms with Crippen LogP contribution in [0.25, 0.3) is 0 Å². The Labute approximate surface area is 139 Å². The highest BCUT2D eigenvalue weighted by Gasteiger charge is 2.28. The number of non-ortho nitro benzene ring substituents is 1. The largest absolute Gasteiger partial charge is 0.483 e. The Morgan fingerprint density at radius 3 is 2.60 bits per heavy atom. The standard InChI is InChI=1S/C14H14F3N3O5/c1-2-3-9-6-10(20(23)24)4-5-11(9)25-7-12(21)19-13(22)18-8-14(15,16)17/h2,4-6H,1,3,7-8H2,(H2,18,19,21,22). The lowest BCUT2D eigenvalue weighted by Crippen LogP contribution is -2.44. The van der Waals surface area contributed by atoms with Gasteiger partial charge in [-0.15, -0.1) is 6.58 Å². The molecule has 0 bridgehead atoms. The minimum Gasteiger partial charge on any atom is -0.483 e. The molecule has 0 aliphatic carbocycles. The Hall–Kier alpha value is -3.11. The number of nitro groups is 1. The van der Waals surface area contributed by atoms with Gasteiger partial charge in [0, 0.05) is 17.7 Å². The van der Waals surface area contributed by atoms with Crippen molar-refractivity contribution in [1.82, 2.24) is 10.6 Å². The summed E-state index contributed by atoms with van der Waals surface area (Å²) in [5.41, 5.74) is 0.207. The van der Waals surface area contributed by atoms with Gasteiger partial charge in [-0.2, -0.15) is 13.2 Å². The van der Waals surface area contributed by atoms with Crippen LogP contribution in [-0.2, 0) is 11.2 Å². The number of nitrogens with zero attached hydrogens (tertiary/aromatic N) is 1. The molecule has 0 atom stereocenters. The molecule has 0 aliphatic heterocycles. The third-order valence-electron chi connectivity index (χ3n) is 2.68. The first-order chi connectivity index (χ1) is 11.6. The fraction of sp³-hybridized carbons (Fsp3) is 0.286. The average molecular weight is 361 g/mol. The van der Waals surface area contributed by atoms with E-state index >= 15 is 0 Å². The maximum atomic E-state index is 11.9. The quantitative estimate of drug-likeness (QED) is 0.439. The van der Waals surface area contributed by atoms with E-state index in [2.05, 4.69) is 6.58 Å². The predicted octanol–water partition coefficient (Wildman–Crippen LogP) is 2.09. The minimum absolute atomic E-state index is 0.149. The molecule has 3 amide bonds. The molecule has 0 spiro atoms. The van der Waals surface area contributed by atoms with Crippen LogP contribution in [0.4, 0.5) is 23.7 Å². The molecule has 1 aromatic rings. The Kier molecular flexibility index (Phi) is 6.91. The summed E-state index contributed by atoms with van der Waals surface area (Å²) >= 11 is 0. The summed E-state index contributed by atoms with van der Waals surface area (Å²) in [4.78, 5) is 32.7. The first-order valence-corrected chi connectivity index (χ1v) is 6.78. The second-order valence-electron chi connectivity index (χ2n) is 4.68. The van der Waals surface area contributed by atoms with E-state index < -0.39 is 36.2 Å². The normalized spacial score (nSPS) is 10.7. The number of carbonyl (C=O) groups excluding carboxylic acids is 2. The average Bonchev–Trinajstić information content (AvgIpc) is 2.51. The molecule has 0 unspecified atom stereocenters. The van der Waals surface area contributed by atoms with Gasteiger partial charge >= 0.3 is 12.2 Å². The van der Waals surface area contributed by atoms with Crippen molar-refractivity contribution >= 4 is 17.6 Å². The van der Waals surface area contributed by atoms with Gasteiger partial charge < -0.3 is 10.1 Å². The van der Waals surface area contributed by atoms with Crippen molar-refractivity contribution in [3.8, 4) is 5.75 Å². The van der Waals surface area contributed by atoms with Gasteiger partial charge in [-0.05, 0) is 12.5 Å². The Balaban J connectivity index is 2.62. The van der Waals surface area contributed by atoms with Crippen molar-refractivity contribution in [3.05, 3.63) is 46.5 Å². The van der Waals surface area contributed by atoms with Crippen molar-refractivity contribution in [1.29, 1.82) is 0 Å². The number of ether oxygens (including phenoxy) is 1. The number of imide groups is 1. The van der Waals surface area contributed by atoms with Gasteiger partial charge in [0.05, 0.1) is 4.92 Å². The molecular formula is C14H14F3N3O5. The number of benzene rings is 1. The summed E-state index contributed by atoms with van der Waals surface area (Å²) in [7, 11) is 0. The van der Waals surface area contributed by atoms with Crippen molar-refractivity contribution in [3.63, 3.8) is 0 Å². The molecular weight excluding hydrogens is 347 g/mol. The molecule has 0 aromatic heterocycles. The Morgan fingerprint density at radius 1 is 1.36 bits per heavy atom. The number of hydrogen-bond acceptors (Lipinski definition) is 5. The number of nitro benzene ring substituents is 1. The van der Waals surface area contributed by atoms with E-state index in [0.29, 0.717) is 5.56 Å². The fourth-order valence-corrected chi connectivity index (χ4v) is 1.67. The van der Waals surface area contributed by atoms with Gasteiger partial charge in [0.2, 0.25) is 0 Å². The summed E-state index contributed by atoms with van der Waals surface area (Å²) in [5, 5.41) is 13.9. The molecule has 11 heteroatoms. The van der Waals surface area contributed by atoms with E-state index in [-0.39, 0.29) is 17.9 Å². The van der Waals surface area contributed by atoms with Gasteiger partial charge in [-0.25, -0.2) is 4.79 Å². The highest BCUT2D eigenvalue weighted by Crippen LogP contribution is 2.25. The van der Waals surface area contributed by atoms with Crippen LogP contribution >= 0.6 is 0 Å². The summed E-state index contributed by atoms with van der Waals surface area (Å²) < 4.78 is 40.9. The molecule has 0 heterocycles. The second kappa shape index (κ2) is 8.66. The molecule has 0 aliphatic rings. The second-order valence-corrected chi connectivity index (χ2v) is 4.68. The van der Waals surface area contributed by atoms with E-state index in [9.17, 15) is 32.9 Å². The van der Waals surface area contributed by atoms with E-state index in [1.54, 1.807) is 5.32 Å². The van der Waals surface area contributed by atoms with Gasteiger partial charge in [0.25, 0.3) is 11.6 Å². The van der Waals surface area contributed by atoms with Gasteiger partial charge in [-0.1, -0.05) is 6.08 Å². The van der Waals surface area contributed by atoms with E-state index in [4.69, 9.17) is 4.74 Å². The van der Waals surface area contributed by atoms with Crippen LogP contribution < -0.4 is 15.4 Å². The number of alkyl halides is 3. The van der Waals surface area contributed by atoms with E-state index in [0.717, 1.165) is 6.07 Å². The van der Waals surface area contributed by atoms with Crippen LogP contribution in [0.3, 0.4) is 0 Å². The number of allylic oxidation sites excluding steroid dienone is 1. The number of rotatable bonds is 7. The lowest BCUT2D eigenvalue weighted by Gasteiger charge is -2.11. The van der Waals surface area contributed by atoms with Gasteiger partial charge in [0.1, 0.15) is 12.3 Å². The van der Waals surface area contributed by atoms with E-state index in [1.165, 1.54) is 23.5 Å². The highest BCUT2D eigenvalue weighted by atomic mass is 19.4. The smallest absolute Gasteiger partial charge is 0.405 e. The molecule has 1 aromatic carbocycles. The molecule has 0 radical (unpaired) electrons. The molecule has 136 valence electrons. The minimum atomic E-state index is -4.60. The molecule has 0 fully saturated rings. The van der Waals surface area contributed by atoms with Gasteiger partial charge in [-0.3, -0.25) is 20.2 Å². The zero-order chi connectivity index (χ0) is 19.0. The fourth-order valence-electron chi connectivity index (χ4n) is 1.67. The molecule has 2 N–H and O–H groups in total. The summed E-state index contributed by atoms with van der Waals surface area (Å²) in [6.45, 7) is 1.25. The number of amides is 3. The van der Waals surface area contributed by atoms with Crippen LogP contribution in [0.5, 0.6) is 5.75 Å². The number of urea groups is 1. The lowest BCUT2D eigenvalue weighted by molar-refractivity contribution is -0.384. The maximum absolute atomic E-state index is 11.9.